The Labute approximate surface area is 197 Å². The van der Waals surface area contributed by atoms with E-state index in [0.29, 0.717) is 33.9 Å². The molecular formula is C25H20F3N3O4. The lowest BCUT2D eigenvalue weighted by atomic mass is 9.99. The molecule has 3 heterocycles. The average Bonchev–Trinajstić information content (AvgIpc) is 2.81. The zero-order valence-electron chi connectivity index (χ0n) is 18.9. The molecule has 0 fully saturated rings. The number of nitrogens with one attached hydrogen (secondary N) is 1. The van der Waals surface area contributed by atoms with Gasteiger partial charge in [0.25, 0.3) is 0 Å². The highest BCUT2D eigenvalue weighted by Gasteiger charge is 2.34. The van der Waals surface area contributed by atoms with Crippen molar-refractivity contribution >= 4 is 22.6 Å². The average molecular weight is 483 g/mol. The highest BCUT2D eigenvalue weighted by atomic mass is 19.4. The van der Waals surface area contributed by atoms with Gasteiger partial charge in [-0.15, -0.1) is 0 Å². The summed E-state index contributed by atoms with van der Waals surface area (Å²) in [5.74, 6) is -1.27. The molecular weight excluding hydrogens is 463 g/mol. The quantitative estimate of drug-likeness (QED) is 0.372. The number of aromatic nitrogens is 2. The van der Waals surface area contributed by atoms with Gasteiger partial charge in [0.15, 0.2) is 11.1 Å². The first kappa shape index (κ1) is 23.9. The van der Waals surface area contributed by atoms with Crippen molar-refractivity contribution in [2.75, 3.05) is 5.32 Å². The van der Waals surface area contributed by atoms with Crippen molar-refractivity contribution in [3.05, 3.63) is 87.1 Å². The molecule has 2 N–H and O–H groups in total. The Balaban J connectivity index is 1.85. The first-order valence-electron chi connectivity index (χ1n) is 10.5. The van der Waals surface area contributed by atoms with Crippen LogP contribution in [0.3, 0.4) is 0 Å². The number of carbonyl (C=O) groups is 1. The molecule has 10 heteroatoms. The number of benzene rings is 1. The third-order valence-corrected chi connectivity index (χ3v) is 5.54. The maximum Gasteiger partial charge on any atom is 0.433 e. The number of carboxylic acid groups (broad SMARTS) is 1. The lowest BCUT2D eigenvalue weighted by Gasteiger charge is -2.20. The summed E-state index contributed by atoms with van der Waals surface area (Å²) in [5.41, 5.74) is 0.165. The number of rotatable bonds is 5. The van der Waals surface area contributed by atoms with Gasteiger partial charge in [-0.1, -0.05) is 6.07 Å². The normalized spacial score (nSPS) is 12.5. The van der Waals surface area contributed by atoms with Crippen molar-refractivity contribution in [1.82, 2.24) is 9.97 Å². The van der Waals surface area contributed by atoms with Crippen LogP contribution in [-0.4, -0.2) is 21.0 Å². The monoisotopic (exact) mass is 483 g/mol. The molecule has 35 heavy (non-hydrogen) atoms. The van der Waals surface area contributed by atoms with Crippen molar-refractivity contribution in [1.29, 1.82) is 0 Å². The molecule has 180 valence electrons. The van der Waals surface area contributed by atoms with Gasteiger partial charge in [-0.05, 0) is 56.7 Å². The summed E-state index contributed by atoms with van der Waals surface area (Å²) in [6, 6.07) is 8.01. The number of alkyl halides is 3. The number of nitrogens with zero attached hydrogens (tertiary/aromatic N) is 2. The van der Waals surface area contributed by atoms with Crippen LogP contribution in [0, 0.1) is 13.8 Å². The second-order valence-electron chi connectivity index (χ2n) is 8.12. The van der Waals surface area contributed by atoms with Crippen LogP contribution >= 0.6 is 0 Å². The number of hydrogen-bond donors (Lipinski definition) is 2. The van der Waals surface area contributed by atoms with Gasteiger partial charge in [0.2, 0.25) is 0 Å². The van der Waals surface area contributed by atoms with Crippen LogP contribution in [0.4, 0.5) is 18.9 Å². The molecule has 0 unspecified atom stereocenters. The van der Waals surface area contributed by atoms with E-state index in [1.165, 1.54) is 0 Å². The summed E-state index contributed by atoms with van der Waals surface area (Å²) < 4.78 is 45.3. The first-order valence-corrected chi connectivity index (χ1v) is 10.5. The van der Waals surface area contributed by atoms with Gasteiger partial charge in [-0.25, -0.2) is 9.78 Å². The van der Waals surface area contributed by atoms with E-state index in [0.717, 1.165) is 11.6 Å². The topological polar surface area (TPSA) is 105 Å². The van der Waals surface area contributed by atoms with Gasteiger partial charge in [0.05, 0.1) is 17.1 Å². The third kappa shape index (κ3) is 4.59. The summed E-state index contributed by atoms with van der Waals surface area (Å²) >= 11 is 0. The Morgan fingerprint density at radius 3 is 2.54 bits per heavy atom. The standard InChI is InChI=1S/C25H20F3N3O4/c1-12-9-16(14(3)30-18-6-7-19(25(26,27)28)31-20(18)24(33)34)23-17(10-12)21(32)13(2)22(35-23)15-5-4-8-29-11-15/h4-11,14,30H,1-3H3,(H,33,34)/t14-/m1/s1. The number of anilines is 1. The number of fused-ring (bicyclic) bond motifs is 1. The third-order valence-electron chi connectivity index (χ3n) is 5.54. The van der Waals surface area contributed by atoms with Crippen molar-refractivity contribution in [2.45, 2.75) is 33.0 Å². The number of pyridine rings is 2. The van der Waals surface area contributed by atoms with E-state index in [9.17, 15) is 27.9 Å². The van der Waals surface area contributed by atoms with Crippen LogP contribution in [-0.2, 0) is 6.18 Å². The second-order valence-corrected chi connectivity index (χ2v) is 8.12. The molecule has 4 aromatic rings. The molecule has 1 atom stereocenters. The molecule has 0 bridgehead atoms. The smallest absolute Gasteiger partial charge is 0.433 e. The molecule has 1 aromatic carbocycles. The molecule has 0 spiro atoms. The largest absolute Gasteiger partial charge is 0.476 e. The van der Waals surface area contributed by atoms with E-state index < -0.39 is 29.6 Å². The van der Waals surface area contributed by atoms with Crippen LogP contribution < -0.4 is 10.7 Å². The molecule has 0 saturated heterocycles. The van der Waals surface area contributed by atoms with Gasteiger partial charge in [0, 0.05) is 29.1 Å². The maximum atomic E-state index is 13.2. The Kier molecular flexibility index (Phi) is 6.06. The summed E-state index contributed by atoms with van der Waals surface area (Å²) in [6.45, 7) is 5.13. The van der Waals surface area contributed by atoms with Crippen LogP contribution in [0.5, 0.6) is 0 Å². The Hall–Kier alpha value is -4.21. The maximum absolute atomic E-state index is 13.2. The zero-order valence-corrected chi connectivity index (χ0v) is 18.9. The van der Waals surface area contributed by atoms with Crippen LogP contribution in [0.1, 0.15) is 45.8 Å². The van der Waals surface area contributed by atoms with E-state index in [-0.39, 0.29) is 16.7 Å². The van der Waals surface area contributed by atoms with Crippen molar-refractivity contribution in [2.24, 2.45) is 0 Å². The number of carboxylic acids is 1. The van der Waals surface area contributed by atoms with Gasteiger partial charge in [-0.3, -0.25) is 9.78 Å². The SMILES string of the molecule is Cc1cc([C@@H](C)Nc2ccc(C(F)(F)F)nc2C(=O)O)c2oc(-c3cccnc3)c(C)c(=O)c2c1. The second kappa shape index (κ2) is 8.86. The molecule has 0 amide bonds. The van der Waals surface area contributed by atoms with E-state index >= 15 is 0 Å². The summed E-state index contributed by atoms with van der Waals surface area (Å²) in [7, 11) is 0. The van der Waals surface area contributed by atoms with Crippen LogP contribution in [0.2, 0.25) is 0 Å². The summed E-state index contributed by atoms with van der Waals surface area (Å²) in [4.78, 5) is 32.2. The molecule has 3 aromatic heterocycles. The minimum atomic E-state index is -4.79. The molecule has 0 aliphatic heterocycles. The fraction of sp³-hybridized carbons (Fsp3) is 0.200. The van der Waals surface area contributed by atoms with E-state index in [4.69, 9.17) is 4.42 Å². The Morgan fingerprint density at radius 2 is 1.91 bits per heavy atom. The van der Waals surface area contributed by atoms with Gasteiger partial charge in [-0.2, -0.15) is 13.2 Å². The Morgan fingerprint density at radius 1 is 1.17 bits per heavy atom. The number of aromatic carboxylic acids is 1. The van der Waals surface area contributed by atoms with Crippen molar-refractivity contribution < 1.29 is 27.5 Å². The zero-order chi connectivity index (χ0) is 25.5. The van der Waals surface area contributed by atoms with E-state index in [1.807, 2.05) is 0 Å². The molecule has 4 rings (SSSR count). The molecule has 0 aliphatic rings. The molecule has 0 radical (unpaired) electrons. The van der Waals surface area contributed by atoms with Crippen molar-refractivity contribution in [3.63, 3.8) is 0 Å². The minimum Gasteiger partial charge on any atom is -0.476 e. The van der Waals surface area contributed by atoms with E-state index in [1.54, 1.807) is 57.4 Å². The number of halogens is 3. The van der Waals surface area contributed by atoms with Gasteiger partial charge < -0.3 is 14.8 Å². The van der Waals surface area contributed by atoms with Gasteiger partial charge >= 0.3 is 12.1 Å². The van der Waals surface area contributed by atoms with Crippen LogP contribution in [0.15, 0.2) is 58.0 Å². The van der Waals surface area contributed by atoms with Crippen molar-refractivity contribution in [3.8, 4) is 11.3 Å². The predicted molar refractivity (Wildman–Crippen MR) is 123 cm³/mol. The fourth-order valence-electron chi connectivity index (χ4n) is 3.87. The molecule has 0 aliphatic carbocycles. The Bertz CT molecular complexity index is 1500. The lowest BCUT2D eigenvalue weighted by Crippen LogP contribution is -2.17. The summed E-state index contributed by atoms with van der Waals surface area (Å²) in [6.07, 6.45) is -1.62. The highest BCUT2D eigenvalue weighted by Crippen LogP contribution is 2.34. The molecule has 7 nitrogen and oxygen atoms in total. The van der Waals surface area contributed by atoms with Gasteiger partial charge in [0.1, 0.15) is 17.0 Å². The number of hydrogen-bond acceptors (Lipinski definition) is 6. The first-order chi connectivity index (χ1) is 16.5. The minimum absolute atomic E-state index is 0.102. The van der Waals surface area contributed by atoms with E-state index in [2.05, 4.69) is 15.3 Å². The summed E-state index contributed by atoms with van der Waals surface area (Å²) in [5, 5.41) is 12.7. The van der Waals surface area contributed by atoms with Crippen LogP contribution in [0.25, 0.3) is 22.3 Å². The predicted octanol–water partition coefficient (Wildman–Crippen LogP) is 5.76. The fourth-order valence-corrected chi connectivity index (χ4v) is 3.87. The number of aryl methyl sites for hydroxylation is 1. The highest BCUT2D eigenvalue weighted by molar-refractivity contribution is 5.92. The lowest BCUT2D eigenvalue weighted by molar-refractivity contribution is -0.141. The molecule has 0 saturated carbocycles.